The van der Waals surface area contributed by atoms with Gasteiger partial charge in [-0.15, -0.1) is 0 Å². The maximum Gasteiger partial charge on any atom is 0.181 e. The van der Waals surface area contributed by atoms with Gasteiger partial charge in [-0.2, -0.15) is 5.10 Å². The SMILES string of the molecule is Cn1cc(-c2ccc(Cn3cc(S(=O)(=O)CCN)c4c(F)cc(F)cc43)c(F)c2)cn1. The van der Waals surface area contributed by atoms with Gasteiger partial charge >= 0.3 is 0 Å². The first kappa shape index (κ1) is 21.1. The van der Waals surface area contributed by atoms with Gasteiger partial charge in [-0.1, -0.05) is 12.1 Å². The summed E-state index contributed by atoms with van der Waals surface area (Å²) in [5, 5.41) is 3.82. The number of aryl methyl sites for hydroxylation is 1. The van der Waals surface area contributed by atoms with Crippen molar-refractivity contribution < 1.29 is 21.6 Å². The van der Waals surface area contributed by atoms with Gasteiger partial charge in [-0.25, -0.2) is 21.6 Å². The molecule has 2 aromatic carbocycles. The van der Waals surface area contributed by atoms with Crippen LogP contribution < -0.4 is 5.73 Å². The highest BCUT2D eigenvalue weighted by molar-refractivity contribution is 7.91. The van der Waals surface area contributed by atoms with Crippen LogP contribution in [0.2, 0.25) is 0 Å². The number of nitrogens with zero attached hydrogens (tertiary/aromatic N) is 3. The minimum Gasteiger partial charge on any atom is -0.341 e. The molecule has 0 aliphatic heterocycles. The summed E-state index contributed by atoms with van der Waals surface area (Å²) in [5.74, 6) is -2.79. The zero-order chi connectivity index (χ0) is 22.3. The van der Waals surface area contributed by atoms with E-state index in [-0.39, 0.29) is 34.5 Å². The van der Waals surface area contributed by atoms with E-state index in [1.54, 1.807) is 36.3 Å². The van der Waals surface area contributed by atoms with E-state index in [0.717, 1.165) is 11.6 Å². The van der Waals surface area contributed by atoms with E-state index in [0.29, 0.717) is 11.6 Å². The van der Waals surface area contributed by atoms with Crippen LogP contribution in [0.25, 0.3) is 22.0 Å². The Kier molecular flexibility index (Phi) is 5.36. The smallest absolute Gasteiger partial charge is 0.181 e. The van der Waals surface area contributed by atoms with E-state index >= 15 is 0 Å². The van der Waals surface area contributed by atoms with Crippen LogP contribution in [-0.4, -0.2) is 35.1 Å². The Labute approximate surface area is 176 Å². The average molecular weight is 448 g/mol. The predicted molar refractivity (Wildman–Crippen MR) is 111 cm³/mol. The second-order valence-corrected chi connectivity index (χ2v) is 9.30. The third kappa shape index (κ3) is 3.96. The first-order valence-corrected chi connectivity index (χ1v) is 11.0. The van der Waals surface area contributed by atoms with Crippen molar-refractivity contribution in [2.75, 3.05) is 12.3 Å². The molecule has 0 unspecified atom stereocenters. The van der Waals surface area contributed by atoms with Crippen LogP contribution >= 0.6 is 0 Å². The summed E-state index contributed by atoms with van der Waals surface area (Å²) in [6.45, 7) is -0.265. The zero-order valence-corrected chi connectivity index (χ0v) is 17.3. The molecule has 0 saturated heterocycles. The van der Waals surface area contributed by atoms with E-state index in [1.165, 1.54) is 16.8 Å². The number of sulfone groups is 1. The van der Waals surface area contributed by atoms with E-state index in [2.05, 4.69) is 5.10 Å². The molecule has 0 saturated carbocycles. The van der Waals surface area contributed by atoms with Crippen molar-refractivity contribution in [2.45, 2.75) is 11.4 Å². The van der Waals surface area contributed by atoms with Crippen molar-refractivity contribution in [1.29, 1.82) is 0 Å². The molecule has 0 bridgehead atoms. The molecule has 10 heteroatoms. The number of nitrogens with two attached hydrogens (primary N) is 1. The summed E-state index contributed by atoms with van der Waals surface area (Å²) in [7, 11) is -2.16. The zero-order valence-electron chi connectivity index (χ0n) is 16.5. The summed E-state index contributed by atoms with van der Waals surface area (Å²) in [6.07, 6.45) is 4.55. The van der Waals surface area contributed by atoms with Crippen molar-refractivity contribution in [3.05, 3.63) is 71.9 Å². The molecule has 0 atom stereocenters. The summed E-state index contributed by atoms with van der Waals surface area (Å²) in [6, 6.07) is 6.24. The summed E-state index contributed by atoms with van der Waals surface area (Å²) < 4.78 is 71.3. The molecule has 2 N–H and O–H groups in total. The van der Waals surface area contributed by atoms with Crippen LogP contribution in [0.4, 0.5) is 13.2 Å². The number of hydrogen-bond acceptors (Lipinski definition) is 4. The Hall–Kier alpha value is -3.11. The second kappa shape index (κ2) is 7.86. The Morgan fingerprint density at radius 2 is 1.81 bits per heavy atom. The van der Waals surface area contributed by atoms with Gasteiger partial charge in [0.25, 0.3) is 0 Å². The molecular weight excluding hydrogens is 429 g/mol. The normalized spacial score (nSPS) is 12.0. The molecule has 4 aromatic rings. The molecular formula is C21H19F3N4O2S. The molecule has 0 aliphatic carbocycles. The summed E-state index contributed by atoms with van der Waals surface area (Å²) >= 11 is 0. The van der Waals surface area contributed by atoms with E-state index in [9.17, 15) is 21.6 Å². The van der Waals surface area contributed by atoms with Crippen LogP contribution in [0.1, 0.15) is 5.56 Å². The van der Waals surface area contributed by atoms with Crippen molar-refractivity contribution in [3.8, 4) is 11.1 Å². The molecule has 0 radical (unpaired) electrons. The number of halogens is 3. The standard InChI is InChI=1S/C21H19F3N4O2S/c1-27-10-15(9-26-27)13-2-3-14(17(23)6-13)11-28-12-20(31(29,30)5-4-25)21-18(24)7-16(22)8-19(21)28/h2-3,6-10,12H,4-5,11,25H2,1H3. The topological polar surface area (TPSA) is 82.9 Å². The molecule has 162 valence electrons. The Bertz CT molecular complexity index is 1390. The van der Waals surface area contributed by atoms with Gasteiger partial charge in [-0.05, 0) is 17.7 Å². The van der Waals surface area contributed by atoms with Crippen LogP contribution in [0.3, 0.4) is 0 Å². The van der Waals surface area contributed by atoms with Gasteiger partial charge in [0.2, 0.25) is 0 Å². The third-order valence-electron chi connectivity index (χ3n) is 5.02. The highest BCUT2D eigenvalue weighted by Gasteiger charge is 2.24. The van der Waals surface area contributed by atoms with E-state index in [1.807, 2.05) is 0 Å². The third-order valence-corrected chi connectivity index (χ3v) is 6.77. The second-order valence-electron chi connectivity index (χ2n) is 7.22. The first-order chi connectivity index (χ1) is 14.7. The van der Waals surface area contributed by atoms with Gasteiger partial charge in [0.05, 0.1) is 34.3 Å². The Morgan fingerprint density at radius 1 is 1.03 bits per heavy atom. The number of fused-ring (bicyclic) bond motifs is 1. The van der Waals surface area contributed by atoms with Crippen LogP contribution in [0.5, 0.6) is 0 Å². The lowest BCUT2D eigenvalue weighted by Gasteiger charge is -2.08. The van der Waals surface area contributed by atoms with Gasteiger partial charge in [-0.3, -0.25) is 4.68 Å². The van der Waals surface area contributed by atoms with Gasteiger partial charge in [0, 0.05) is 43.2 Å². The van der Waals surface area contributed by atoms with Crippen molar-refractivity contribution in [2.24, 2.45) is 12.8 Å². The Balaban J connectivity index is 1.80. The van der Waals surface area contributed by atoms with Gasteiger partial charge in [0.1, 0.15) is 17.5 Å². The lowest BCUT2D eigenvalue weighted by atomic mass is 10.1. The molecule has 4 rings (SSSR count). The Morgan fingerprint density at radius 3 is 2.45 bits per heavy atom. The lowest BCUT2D eigenvalue weighted by molar-refractivity contribution is 0.586. The number of aromatic nitrogens is 3. The minimum absolute atomic E-state index is 0.0174. The van der Waals surface area contributed by atoms with E-state index < -0.39 is 33.0 Å². The molecule has 0 amide bonds. The molecule has 2 aromatic heterocycles. The minimum atomic E-state index is -3.91. The quantitative estimate of drug-likeness (QED) is 0.491. The molecule has 0 spiro atoms. The maximum atomic E-state index is 14.8. The fourth-order valence-corrected chi connectivity index (χ4v) is 4.88. The molecule has 0 fully saturated rings. The number of benzene rings is 2. The number of rotatable bonds is 6. The van der Waals surface area contributed by atoms with Gasteiger partial charge in [0.15, 0.2) is 9.84 Å². The highest BCUT2D eigenvalue weighted by atomic mass is 32.2. The fourth-order valence-electron chi connectivity index (χ4n) is 3.55. The fraction of sp³-hybridized carbons (Fsp3) is 0.190. The van der Waals surface area contributed by atoms with Crippen LogP contribution in [-0.2, 0) is 23.4 Å². The van der Waals surface area contributed by atoms with Crippen LogP contribution in [0, 0.1) is 17.5 Å². The average Bonchev–Trinajstić information content (AvgIpc) is 3.28. The van der Waals surface area contributed by atoms with Crippen molar-refractivity contribution in [3.63, 3.8) is 0 Å². The van der Waals surface area contributed by atoms with Crippen molar-refractivity contribution in [1.82, 2.24) is 14.3 Å². The largest absolute Gasteiger partial charge is 0.341 e. The lowest BCUT2D eigenvalue weighted by Crippen LogP contribution is -2.15. The summed E-state index contributed by atoms with van der Waals surface area (Å²) in [5.41, 5.74) is 6.98. The maximum absolute atomic E-state index is 14.8. The van der Waals surface area contributed by atoms with Crippen LogP contribution in [0.15, 0.2) is 53.8 Å². The summed E-state index contributed by atoms with van der Waals surface area (Å²) in [4.78, 5) is -0.294. The predicted octanol–water partition coefficient (Wildman–Crippen LogP) is 3.24. The van der Waals surface area contributed by atoms with Crippen molar-refractivity contribution >= 4 is 20.7 Å². The molecule has 2 heterocycles. The van der Waals surface area contributed by atoms with E-state index in [4.69, 9.17) is 5.73 Å². The first-order valence-electron chi connectivity index (χ1n) is 9.38. The monoisotopic (exact) mass is 448 g/mol. The molecule has 6 nitrogen and oxygen atoms in total. The molecule has 31 heavy (non-hydrogen) atoms. The highest BCUT2D eigenvalue weighted by Crippen LogP contribution is 2.31. The molecule has 0 aliphatic rings. The number of hydrogen-bond donors (Lipinski definition) is 1. The van der Waals surface area contributed by atoms with Gasteiger partial charge < -0.3 is 10.3 Å².